The summed E-state index contributed by atoms with van der Waals surface area (Å²) in [6.07, 6.45) is 0. The molecule has 2 atom stereocenters. The van der Waals surface area contributed by atoms with E-state index in [9.17, 15) is 0 Å². The van der Waals surface area contributed by atoms with Gasteiger partial charge in [-0.15, -0.1) is 0 Å². The standard InChI is InChI=1S/C5H10INO/c1-5(6)3-8-2-4(5)7/h4H,2-3,7H2,1H3/t4-,5?/m1/s1. The number of hydrogen-bond donors (Lipinski definition) is 1. The molecule has 0 aromatic rings. The van der Waals surface area contributed by atoms with Crippen molar-refractivity contribution in [2.45, 2.75) is 16.4 Å². The van der Waals surface area contributed by atoms with Gasteiger partial charge in [0.25, 0.3) is 0 Å². The first-order valence-electron chi connectivity index (χ1n) is 2.65. The van der Waals surface area contributed by atoms with Crippen LogP contribution in [0, 0.1) is 0 Å². The van der Waals surface area contributed by atoms with Gasteiger partial charge in [-0.05, 0) is 6.92 Å². The Kier molecular flexibility index (Phi) is 1.79. The second kappa shape index (κ2) is 2.11. The van der Waals surface area contributed by atoms with Crippen molar-refractivity contribution in [2.24, 2.45) is 5.73 Å². The van der Waals surface area contributed by atoms with Gasteiger partial charge in [0.1, 0.15) is 0 Å². The van der Waals surface area contributed by atoms with Crippen molar-refractivity contribution >= 4 is 22.6 Å². The molecule has 2 N–H and O–H groups in total. The highest BCUT2D eigenvalue weighted by atomic mass is 127. The van der Waals surface area contributed by atoms with Crippen LogP contribution in [0.3, 0.4) is 0 Å². The second-order valence-electron chi connectivity index (χ2n) is 2.40. The average molecular weight is 227 g/mol. The lowest BCUT2D eigenvalue weighted by Crippen LogP contribution is -2.38. The van der Waals surface area contributed by atoms with Gasteiger partial charge in [-0.3, -0.25) is 0 Å². The van der Waals surface area contributed by atoms with E-state index in [1.807, 2.05) is 0 Å². The molecule has 1 aliphatic heterocycles. The number of rotatable bonds is 0. The molecule has 1 saturated heterocycles. The minimum absolute atomic E-state index is 0.178. The molecule has 1 aliphatic rings. The molecule has 1 unspecified atom stereocenters. The van der Waals surface area contributed by atoms with Gasteiger partial charge in [0.2, 0.25) is 0 Å². The van der Waals surface area contributed by atoms with Gasteiger partial charge < -0.3 is 10.5 Å². The maximum Gasteiger partial charge on any atom is 0.0632 e. The van der Waals surface area contributed by atoms with Crippen LogP contribution in [0.1, 0.15) is 6.92 Å². The van der Waals surface area contributed by atoms with Crippen molar-refractivity contribution in [2.75, 3.05) is 13.2 Å². The third kappa shape index (κ3) is 1.14. The maximum absolute atomic E-state index is 5.68. The van der Waals surface area contributed by atoms with Crippen LogP contribution < -0.4 is 5.73 Å². The van der Waals surface area contributed by atoms with Gasteiger partial charge in [0.05, 0.1) is 16.6 Å². The molecule has 2 nitrogen and oxygen atoms in total. The molecular weight excluding hydrogens is 217 g/mol. The first-order chi connectivity index (χ1) is 3.63. The van der Waals surface area contributed by atoms with Crippen molar-refractivity contribution in [3.8, 4) is 0 Å². The van der Waals surface area contributed by atoms with Crippen molar-refractivity contribution in [1.82, 2.24) is 0 Å². The largest absolute Gasteiger partial charge is 0.378 e. The molecule has 48 valence electrons. The molecule has 1 rings (SSSR count). The summed E-state index contributed by atoms with van der Waals surface area (Å²) < 4.78 is 5.32. The predicted octanol–water partition coefficient (Wildman–Crippen LogP) is 0.538. The van der Waals surface area contributed by atoms with Crippen molar-refractivity contribution in [3.63, 3.8) is 0 Å². The second-order valence-corrected chi connectivity index (χ2v) is 4.86. The molecule has 1 heterocycles. The van der Waals surface area contributed by atoms with Crippen LogP contribution in [-0.2, 0) is 4.74 Å². The molecular formula is C5H10INO. The van der Waals surface area contributed by atoms with Crippen LogP contribution in [0.25, 0.3) is 0 Å². The third-order valence-electron chi connectivity index (χ3n) is 1.45. The first-order valence-corrected chi connectivity index (χ1v) is 3.73. The van der Waals surface area contributed by atoms with E-state index in [2.05, 4.69) is 29.5 Å². The molecule has 0 amide bonds. The number of nitrogens with two attached hydrogens (primary N) is 1. The van der Waals surface area contributed by atoms with E-state index in [0.717, 1.165) is 13.2 Å². The summed E-state index contributed by atoms with van der Waals surface area (Å²) in [6.45, 7) is 3.64. The zero-order valence-electron chi connectivity index (χ0n) is 4.86. The molecule has 0 spiro atoms. The fourth-order valence-corrected chi connectivity index (χ4v) is 1.07. The maximum atomic E-state index is 5.68. The Hall–Kier alpha value is 0.650. The monoisotopic (exact) mass is 227 g/mol. The Labute approximate surface area is 62.9 Å². The fourth-order valence-electron chi connectivity index (χ4n) is 0.666. The number of ether oxygens (including phenoxy) is 1. The molecule has 0 bridgehead atoms. The average Bonchev–Trinajstić information content (AvgIpc) is 1.86. The van der Waals surface area contributed by atoms with Crippen LogP contribution in [0.15, 0.2) is 0 Å². The molecule has 8 heavy (non-hydrogen) atoms. The van der Waals surface area contributed by atoms with Crippen molar-refractivity contribution < 1.29 is 4.74 Å². The zero-order valence-corrected chi connectivity index (χ0v) is 7.01. The highest BCUT2D eigenvalue weighted by molar-refractivity contribution is 14.1. The molecule has 0 aromatic heterocycles. The molecule has 3 heteroatoms. The van der Waals surface area contributed by atoms with E-state index >= 15 is 0 Å². The van der Waals surface area contributed by atoms with Gasteiger partial charge in [0, 0.05) is 6.04 Å². The van der Waals surface area contributed by atoms with Crippen molar-refractivity contribution in [3.05, 3.63) is 0 Å². The normalized spacial score (nSPS) is 47.6. The van der Waals surface area contributed by atoms with E-state index in [4.69, 9.17) is 10.5 Å². The van der Waals surface area contributed by atoms with Crippen LogP contribution in [0.2, 0.25) is 0 Å². The Morgan fingerprint density at radius 3 is 2.62 bits per heavy atom. The smallest absolute Gasteiger partial charge is 0.0632 e. The van der Waals surface area contributed by atoms with Crippen LogP contribution in [0.4, 0.5) is 0 Å². The van der Waals surface area contributed by atoms with Crippen molar-refractivity contribution in [1.29, 1.82) is 0 Å². The topological polar surface area (TPSA) is 35.2 Å². The van der Waals surface area contributed by atoms with E-state index in [1.54, 1.807) is 0 Å². The summed E-state index contributed by atoms with van der Waals surface area (Å²) in [4.78, 5) is 0. The minimum atomic E-state index is 0.178. The summed E-state index contributed by atoms with van der Waals surface area (Å²) in [5, 5.41) is 0. The van der Waals surface area contributed by atoms with Gasteiger partial charge >= 0.3 is 0 Å². The van der Waals surface area contributed by atoms with E-state index in [1.165, 1.54) is 0 Å². The summed E-state index contributed by atoms with van der Waals surface area (Å²) in [5.41, 5.74) is 5.68. The fraction of sp³-hybridized carbons (Fsp3) is 1.00. The molecule has 0 saturated carbocycles. The summed E-state index contributed by atoms with van der Waals surface area (Å²) >= 11 is 2.34. The Balaban J connectivity index is 2.54. The Bertz CT molecular complexity index is 94.4. The minimum Gasteiger partial charge on any atom is -0.378 e. The highest BCUT2D eigenvalue weighted by Crippen LogP contribution is 2.26. The van der Waals surface area contributed by atoms with E-state index in [0.29, 0.717) is 0 Å². The molecule has 0 aliphatic carbocycles. The lowest BCUT2D eigenvalue weighted by Gasteiger charge is -2.17. The van der Waals surface area contributed by atoms with Gasteiger partial charge in [-0.2, -0.15) is 0 Å². The predicted molar refractivity (Wildman–Crippen MR) is 41.2 cm³/mol. The Morgan fingerprint density at radius 1 is 1.88 bits per heavy atom. The van der Waals surface area contributed by atoms with Crippen LogP contribution >= 0.6 is 22.6 Å². The zero-order chi connectivity index (χ0) is 6.20. The summed E-state index contributed by atoms with van der Waals surface area (Å²) in [5.74, 6) is 0. The Morgan fingerprint density at radius 2 is 2.50 bits per heavy atom. The summed E-state index contributed by atoms with van der Waals surface area (Å²) in [7, 11) is 0. The third-order valence-corrected chi connectivity index (χ3v) is 2.57. The molecule has 0 radical (unpaired) electrons. The quantitative estimate of drug-likeness (QED) is 0.484. The van der Waals surface area contributed by atoms with E-state index in [-0.39, 0.29) is 9.46 Å². The first kappa shape index (κ1) is 6.77. The van der Waals surface area contributed by atoms with Crippen LogP contribution in [-0.4, -0.2) is 22.7 Å². The molecule has 1 fully saturated rings. The van der Waals surface area contributed by atoms with Gasteiger partial charge in [-0.1, -0.05) is 22.6 Å². The van der Waals surface area contributed by atoms with Gasteiger partial charge in [0.15, 0.2) is 0 Å². The number of halogens is 1. The van der Waals surface area contributed by atoms with Crippen LogP contribution in [0.5, 0.6) is 0 Å². The number of alkyl halides is 1. The summed E-state index contributed by atoms with van der Waals surface area (Å²) in [6, 6.07) is 0.225. The SMILES string of the molecule is CC1(I)COC[C@H]1N. The van der Waals surface area contributed by atoms with Gasteiger partial charge in [-0.25, -0.2) is 0 Å². The lowest BCUT2D eigenvalue weighted by molar-refractivity contribution is 0.191. The number of hydrogen-bond acceptors (Lipinski definition) is 2. The van der Waals surface area contributed by atoms with E-state index < -0.39 is 0 Å². The highest BCUT2D eigenvalue weighted by Gasteiger charge is 2.34. The lowest BCUT2D eigenvalue weighted by atomic mass is 10.1. The molecule has 0 aromatic carbocycles.